The molecule has 2 aromatic rings. The van der Waals surface area contributed by atoms with Crippen molar-refractivity contribution in [3.8, 4) is 6.07 Å². The minimum Gasteiger partial charge on any atom is -0.352 e. The largest absolute Gasteiger partial charge is 0.416 e. The molecule has 1 fully saturated rings. The molecule has 0 amide bonds. The zero-order valence-corrected chi connectivity index (χ0v) is 19.4. The molecule has 3 rings (SSSR count). The minimum absolute atomic E-state index is 0. The third-order valence-corrected chi connectivity index (χ3v) is 5.04. The van der Waals surface area contributed by atoms with Gasteiger partial charge in [0.1, 0.15) is 0 Å². The van der Waals surface area contributed by atoms with Crippen molar-refractivity contribution in [3.63, 3.8) is 0 Å². The number of aliphatic imine (C=N–C) groups is 1. The van der Waals surface area contributed by atoms with Crippen LogP contribution in [0.2, 0.25) is 0 Å². The van der Waals surface area contributed by atoms with Crippen molar-refractivity contribution in [1.29, 1.82) is 5.26 Å². The van der Waals surface area contributed by atoms with Crippen LogP contribution in [0.3, 0.4) is 0 Å². The molecule has 0 radical (unpaired) electrons. The van der Waals surface area contributed by atoms with Crippen LogP contribution in [0.25, 0.3) is 0 Å². The first-order chi connectivity index (χ1) is 14.4. The lowest BCUT2D eigenvalue weighted by atomic mass is 10.1. The van der Waals surface area contributed by atoms with E-state index in [2.05, 4.69) is 26.6 Å². The van der Waals surface area contributed by atoms with E-state index in [4.69, 9.17) is 5.26 Å². The zero-order valence-electron chi connectivity index (χ0n) is 17.1. The second-order valence-corrected chi connectivity index (χ2v) is 7.30. The van der Waals surface area contributed by atoms with E-state index in [0.717, 1.165) is 42.8 Å². The Balaban J connectivity index is 0.00000341. The summed E-state index contributed by atoms with van der Waals surface area (Å²) < 4.78 is 38.1. The van der Waals surface area contributed by atoms with Gasteiger partial charge in [-0.3, -0.25) is 9.89 Å². The van der Waals surface area contributed by atoms with Crippen molar-refractivity contribution in [2.24, 2.45) is 4.99 Å². The summed E-state index contributed by atoms with van der Waals surface area (Å²) in [7, 11) is 1.70. The number of nitrogens with one attached hydrogen (secondary N) is 2. The van der Waals surface area contributed by atoms with Crippen LogP contribution in [-0.2, 0) is 19.3 Å². The molecule has 1 saturated heterocycles. The molecule has 1 atom stereocenters. The lowest BCUT2D eigenvalue weighted by Crippen LogP contribution is -2.44. The number of nitrogens with zero attached hydrogens (tertiary/aromatic N) is 3. The van der Waals surface area contributed by atoms with Gasteiger partial charge in [0.2, 0.25) is 0 Å². The molecule has 0 aliphatic carbocycles. The maximum Gasteiger partial charge on any atom is 0.416 e. The molecular formula is C22H25F3IN5. The van der Waals surface area contributed by atoms with Crippen molar-refractivity contribution < 1.29 is 13.2 Å². The first-order valence-electron chi connectivity index (χ1n) is 9.72. The molecule has 0 saturated carbocycles. The van der Waals surface area contributed by atoms with Gasteiger partial charge < -0.3 is 10.6 Å². The van der Waals surface area contributed by atoms with Crippen LogP contribution in [0.15, 0.2) is 53.5 Å². The van der Waals surface area contributed by atoms with Crippen molar-refractivity contribution in [2.45, 2.75) is 31.7 Å². The molecule has 31 heavy (non-hydrogen) atoms. The summed E-state index contributed by atoms with van der Waals surface area (Å²) in [6.07, 6.45) is -3.38. The molecule has 9 heteroatoms. The van der Waals surface area contributed by atoms with Crippen molar-refractivity contribution in [2.75, 3.05) is 20.1 Å². The van der Waals surface area contributed by atoms with Crippen LogP contribution in [0.1, 0.15) is 28.7 Å². The van der Waals surface area contributed by atoms with Crippen LogP contribution < -0.4 is 10.6 Å². The number of likely N-dealkylation sites (tertiary alicyclic amines) is 1. The second kappa shape index (κ2) is 11.3. The SMILES string of the molecule is CN=C(NCc1cccc(C#N)c1)NC1CCN(Cc2ccc(C(F)(F)F)cc2)C1.I. The average Bonchev–Trinajstić information content (AvgIpc) is 3.17. The molecule has 0 spiro atoms. The second-order valence-electron chi connectivity index (χ2n) is 7.30. The highest BCUT2D eigenvalue weighted by Gasteiger charge is 2.30. The van der Waals surface area contributed by atoms with E-state index < -0.39 is 11.7 Å². The predicted molar refractivity (Wildman–Crippen MR) is 125 cm³/mol. The lowest BCUT2D eigenvalue weighted by molar-refractivity contribution is -0.137. The summed E-state index contributed by atoms with van der Waals surface area (Å²) in [5.74, 6) is 0.679. The van der Waals surface area contributed by atoms with E-state index in [1.165, 1.54) is 0 Å². The van der Waals surface area contributed by atoms with Crippen molar-refractivity contribution in [1.82, 2.24) is 15.5 Å². The van der Waals surface area contributed by atoms with Gasteiger partial charge in [0.25, 0.3) is 0 Å². The fraction of sp³-hybridized carbons (Fsp3) is 0.364. The van der Waals surface area contributed by atoms with Gasteiger partial charge in [-0.15, -0.1) is 24.0 Å². The van der Waals surface area contributed by atoms with E-state index in [0.29, 0.717) is 24.6 Å². The highest BCUT2D eigenvalue weighted by atomic mass is 127. The maximum absolute atomic E-state index is 12.7. The Hall–Kier alpha value is -2.32. The van der Waals surface area contributed by atoms with Crippen LogP contribution in [-0.4, -0.2) is 37.0 Å². The molecule has 2 aromatic carbocycles. The van der Waals surface area contributed by atoms with Crippen LogP contribution in [0.5, 0.6) is 0 Å². The molecule has 1 unspecified atom stereocenters. The number of rotatable bonds is 5. The number of guanidine groups is 1. The van der Waals surface area contributed by atoms with Gasteiger partial charge in [-0.05, 0) is 41.8 Å². The molecular weight excluding hydrogens is 518 g/mol. The number of hydrogen-bond acceptors (Lipinski definition) is 3. The van der Waals surface area contributed by atoms with Gasteiger partial charge >= 0.3 is 6.18 Å². The fourth-order valence-corrected chi connectivity index (χ4v) is 3.48. The van der Waals surface area contributed by atoms with Crippen molar-refractivity contribution in [3.05, 3.63) is 70.8 Å². The quantitative estimate of drug-likeness (QED) is 0.338. The summed E-state index contributed by atoms with van der Waals surface area (Å²) in [6.45, 7) is 2.81. The van der Waals surface area contributed by atoms with Crippen LogP contribution in [0.4, 0.5) is 13.2 Å². The monoisotopic (exact) mass is 543 g/mol. The number of halogens is 4. The Morgan fingerprint density at radius 2 is 1.94 bits per heavy atom. The highest BCUT2D eigenvalue weighted by Crippen LogP contribution is 2.29. The predicted octanol–water partition coefficient (Wildman–Crippen LogP) is 4.13. The first kappa shape index (κ1) is 24.9. The minimum atomic E-state index is -4.31. The Morgan fingerprint density at radius 3 is 2.58 bits per heavy atom. The Morgan fingerprint density at radius 1 is 1.19 bits per heavy atom. The van der Waals surface area contributed by atoms with Gasteiger partial charge in [0.05, 0.1) is 17.2 Å². The summed E-state index contributed by atoms with van der Waals surface area (Å²) in [5.41, 5.74) is 1.85. The van der Waals surface area contributed by atoms with E-state index in [-0.39, 0.29) is 30.0 Å². The van der Waals surface area contributed by atoms with E-state index in [1.54, 1.807) is 25.2 Å². The van der Waals surface area contributed by atoms with Crippen LogP contribution >= 0.6 is 24.0 Å². The van der Waals surface area contributed by atoms with Gasteiger partial charge in [-0.25, -0.2) is 0 Å². The van der Waals surface area contributed by atoms with Crippen molar-refractivity contribution >= 4 is 29.9 Å². The Bertz CT molecular complexity index is 922. The summed E-state index contributed by atoms with van der Waals surface area (Å²) in [5, 5.41) is 15.6. The van der Waals surface area contributed by atoms with E-state index in [9.17, 15) is 13.2 Å². The van der Waals surface area contributed by atoms with Gasteiger partial charge in [0, 0.05) is 39.3 Å². The molecule has 1 aliphatic heterocycles. The normalized spacial score (nSPS) is 17.0. The lowest BCUT2D eigenvalue weighted by Gasteiger charge is -2.19. The standard InChI is InChI=1S/C22H24F3N5.HI/c1-27-21(28-13-18-4-2-3-17(11-18)12-26)29-20-9-10-30(15-20)14-16-5-7-19(8-6-16)22(23,24)25;/h2-8,11,20H,9-10,13-15H2,1H3,(H2,27,28,29);1H. The molecule has 0 aromatic heterocycles. The maximum atomic E-state index is 12.7. The molecule has 2 N–H and O–H groups in total. The third kappa shape index (κ3) is 7.40. The van der Waals surface area contributed by atoms with E-state index in [1.807, 2.05) is 18.2 Å². The van der Waals surface area contributed by atoms with Gasteiger partial charge in [-0.2, -0.15) is 18.4 Å². The third-order valence-electron chi connectivity index (χ3n) is 5.04. The van der Waals surface area contributed by atoms with E-state index >= 15 is 0 Å². The average molecular weight is 543 g/mol. The zero-order chi connectivity index (χ0) is 21.6. The first-order valence-corrected chi connectivity index (χ1v) is 9.72. The smallest absolute Gasteiger partial charge is 0.352 e. The summed E-state index contributed by atoms with van der Waals surface area (Å²) in [6, 6.07) is 15.1. The topological polar surface area (TPSA) is 63.5 Å². The number of alkyl halides is 3. The molecule has 1 aliphatic rings. The summed E-state index contributed by atoms with van der Waals surface area (Å²) in [4.78, 5) is 6.47. The van der Waals surface area contributed by atoms with Crippen LogP contribution in [0, 0.1) is 11.3 Å². The number of benzene rings is 2. The number of hydrogen-bond donors (Lipinski definition) is 2. The Labute approximate surface area is 197 Å². The number of nitriles is 1. The summed E-state index contributed by atoms with van der Waals surface area (Å²) >= 11 is 0. The Kier molecular flexibility index (Phi) is 9.13. The molecule has 1 heterocycles. The fourth-order valence-electron chi connectivity index (χ4n) is 3.48. The molecule has 5 nitrogen and oxygen atoms in total. The van der Waals surface area contributed by atoms with Gasteiger partial charge in [-0.1, -0.05) is 24.3 Å². The van der Waals surface area contributed by atoms with Gasteiger partial charge in [0.15, 0.2) is 5.96 Å². The molecule has 166 valence electrons. The highest BCUT2D eigenvalue weighted by molar-refractivity contribution is 14.0. The molecule has 0 bridgehead atoms.